The average Bonchev–Trinajstić information content (AvgIpc) is 2.39. The Kier molecular flexibility index (Phi) is 5.95. The lowest BCUT2D eigenvalue weighted by Gasteiger charge is -2.37. The molecule has 20 heavy (non-hydrogen) atoms. The highest BCUT2D eigenvalue weighted by atomic mass is 19.1. The van der Waals surface area contributed by atoms with Gasteiger partial charge in [-0.3, -0.25) is 0 Å². The van der Waals surface area contributed by atoms with Crippen LogP contribution < -0.4 is 5.32 Å². The van der Waals surface area contributed by atoms with Crippen LogP contribution in [0.15, 0.2) is 24.3 Å². The molecule has 112 valence electrons. The predicted octanol–water partition coefficient (Wildman–Crippen LogP) is 3.06. The van der Waals surface area contributed by atoms with Gasteiger partial charge in [0.2, 0.25) is 0 Å². The zero-order chi connectivity index (χ0) is 14.4. The first-order valence-corrected chi connectivity index (χ1v) is 7.45. The number of rotatable bonds is 8. The van der Waals surface area contributed by atoms with Crippen molar-refractivity contribution in [3.05, 3.63) is 35.6 Å². The first-order chi connectivity index (χ1) is 9.74. The summed E-state index contributed by atoms with van der Waals surface area (Å²) in [6, 6.07) is 7.50. The van der Waals surface area contributed by atoms with Crippen molar-refractivity contribution in [3.8, 4) is 0 Å². The number of hydrogen-bond donors (Lipinski definition) is 1. The molecular weight excluding hydrogens is 257 g/mol. The molecule has 1 aliphatic carbocycles. The van der Waals surface area contributed by atoms with E-state index in [9.17, 15) is 4.39 Å². The maximum Gasteiger partial charge on any atom is 0.169 e. The fraction of sp³-hybridized carbons (Fsp3) is 0.625. The molecular formula is C16H24FNO2. The molecule has 0 atom stereocenters. The van der Waals surface area contributed by atoms with E-state index in [0.717, 1.165) is 18.4 Å². The molecule has 1 aromatic rings. The van der Waals surface area contributed by atoms with Crippen LogP contribution in [0.5, 0.6) is 0 Å². The molecule has 0 unspecified atom stereocenters. The van der Waals surface area contributed by atoms with Crippen LogP contribution in [0.1, 0.15) is 38.2 Å². The summed E-state index contributed by atoms with van der Waals surface area (Å²) in [4.78, 5) is 0. The highest BCUT2D eigenvalue weighted by Crippen LogP contribution is 2.37. The molecule has 1 N–H and O–H groups in total. The van der Waals surface area contributed by atoms with Gasteiger partial charge in [-0.1, -0.05) is 18.2 Å². The summed E-state index contributed by atoms with van der Waals surface area (Å²) in [5.74, 6) is 0.254. The Bertz CT molecular complexity index is 401. The quantitative estimate of drug-likeness (QED) is 0.743. The Balaban J connectivity index is 1.72. The number of ether oxygens (including phenoxy) is 2. The molecule has 0 bridgehead atoms. The van der Waals surface area contributed by atoms with Gasteiger partial charge >= 0.3 is 0 Å². The average molecular weight is 281 g/mol. The van der Waals surface area contributed by atoms with Crippen molar-refractivity contribution < 1.29 is 13.9 Å². The van der Waals surface area contributed by atoms with Crippen molar-refractivity contribution in [2.24, 2.45) is 0 Å². The lowest BCUT2D eigenvalue weighted by molar-refractivity contribution is -0.134. The minimum Gasteiger partial charge on any atom is -0.352 e. The number of benzene rings is 1. The van der Waals surface area contributed by atoms with Gasteiger partial charge < -0.3 is 14.8 Å². The Morgan fingerprint density at radius 1 is 1.20 bits per heavy atom. The third-order valence-corrected chi connectivity index (χ3v) is 3.76. The molecule has 0 aromatic heterocycles. The molecule has 0 heterocycles. The second-order valence-electron chi connectivity index (χ2n) is 5.14. The number of hydrogen-bond acceptors (Lipinski definition) is 3. The molecule has 4 heteroatoms. The van der Waals surface area contributed by atoms with Crippen LogP contribution in [0.3, 0.4) is 0 Å². The minimum atomic E-state index is -0.183. The Morgan fingerprint density at radius 3 is 2.45 bits per heavy atom. The summed E-state index contributed by atoms with van der Waals surface area (Å²) < 4.78 is 24.6. The second-order valence-corrected chi connectivity index (χ2v) is 5.14. The van der Waals surface area contributed by atoms with Gasteiger partial charge in [0.1, 0.15) is 5.82 Å². The van der Waals surface area contributed by atoms with Crippen LogP contribution >= 0.6 is 0 Å². The maximum absolute atomic E-state index is 13.6. The lowest BCUT2D eigenvalue weighted by atomic mass is 9.75. The standard InChI is InChI=1S/C16H24FNO2/c1-3-19-16(20-4-2)11-18-13-9-12(10-13)14-7-5-6-8-15(14)17/h5-8,12-13,16,18H,3-4,9-11H2,1-2H3. The Morgan fingerprint density at radius 2 is 1.85 bits per heavy atom. The smallest absolute Gasteiger partial charge is 0.169 e. The van der Waals surface area contributed by atoms with Crippen molar-refractivity contribution >= 4 is 0 Å². The second kappa shape index (κ2) is 7.72. The zero-order valence-electron chi connectivity index (χ0n) is 12.3. The summed E-state index contributed by atoms with van der Waals surface area (Å²) in [5, 5.41) is 3.44. The van der Waals surface area contributed by atoms with Gasteiger partial charge in [-0.05, 0) is 44.2 Å². The van der Waals surface area contributed by atoms with Gasteiger partial charge in [0, 0.05) is 25.8 Å². The van der Waals surface area contributed by atoms with Crippen LogP contribution in [-0.2, 0) is 9.47 Å². The van der Waals surface area contributed by atoms with Crippen molar-refractivity contribution in [1.29, 1.82) is 0 Å². The lowest BCUT2D eigenvalue weighted by Crippen LogP contribution is -2.44. The van der Waals surface area contributed by atoms with Gasteiger partial charge in [0.25, 0.3) is 0 Å². The van der Waals surface area contributed by atoms with E-state index in [1.807, 2.05) is 26.0 Å². The van der Waals surface area contributed by atoms with Crippen molar-refractivity contribution in [2.45, 2.75) is 44.9 Å². The van der Waals surface area contributed by atoms with Crippen molar-refractivity contribution in [2.75, 3.05) is 19.8 Å². The van der Waals surface area contributed by atoms with Gasteiger partial charge in [-0.15, -0.1) is 0 Å². The topological polar surface area (TPSA) is 30.5 Å². The number of halogens is 1. The summed E-state index contributed by atoms with van der Waals surface area (Å²) in [5.41, 5.74) is 0.844. The molecule has 1 fully saturated rings. The van der Waals surface area contributed by atoms with Crippen LogP contribution in [-0.4, -0.2) is 32.1 Å². The molecule has 0 spiro atoms. The zero-order valence-corrected chi connectivity index (χ0v) is 12.3. The van der Waals surface area contributed by atoms with E-state index in [0.29, 0.717) is 31.7 Å². The van der Waals surface area contributed by atoms with E-state index >= 15 is 0 Å². The highest BCUT2D eigenvalue weighted by molar-refractivity contribution is 5.24. The molecule has 0 radical (unpaired) electrons. The predicted molar refractivity (Wildman–Crippen MR) is 77.2 cm³/mol. The largest absolute Gasteiger partial charge is 0.352 e. The monoisotopic (exact) mass is 281 g/mol. The first kappa shape index (κ1) is 15.4. The van der Waals surface area contributed by atoms with Gasteiger partial charge in [0.05, 0.1) is 0 Å². The van der Waals surface area contributed by atoms with E-state index in [1.165, 1.54) is 6.07 Å². The van der Waals surface area contributed by atoms with Crippen molar-refractivity contribution in [3.63, 3.8) is 0 Å². The van der Waals surface area contributed by atoms with Gasteiger partial charge in [-0.2, -0.15) is 0 Å². The molecule has 1 aromatic carbocycles. The molecule has 1 aliphatic rings. The van der Waals surface area contributed by atoms with E-state index in [4.69, 9.17) is 9.47 Å². The summed E-state index contributed by atoms with van der Waals surface area (Å²) in [6.45, 7) is 5.91. The fourth-order valence-electron chi connectivity index (χ4n) is 2.65. The van der Waals surface area contributed by atoms with E-state index in [2.05, 4.69) is 5.32 Å². The molecule has 0 aliphatic heterocycles. The van der Waals surface area contributed by atoms with Crippen LogP contribution in [0, 0.1) is 5.82 Å². The first-order valence-electron chi connectivity index (χ1n) is 7.45. The van der Waals surface area contributed by atoms with Crippen LogP contribution in [0.2, 0.25) is 0 Å². The summed E-state index contributed by atoms with van der Waals surface area (Å²) >= 11 is 0. The fourth-order valence-corrected chi connectivity index (χ4v) is 2.65. The SMILES string of the molecule is CCOC(CNC1CC(c2ccccc2F)C1)OCC. The van der Waals surface area contributed by atoms with Crippen LogP contribution in [0.25, 0.3) is 0 Å². The normalized spacial score (nSPS) is 22.0. The highest BCUT2D eigenvalue weighted by Gasteiger charge is 2.31. The number of nitrogens with one attached hydrogen (secondary N) is 1. The van der Waals surface area contributed by atoms with Gasteiger partial charge in [-0.25, -0.2) is 4.39 Å². The third kappa shape index (κ3) is 4.01. The third-order valence-electron chi connectivity index (χ3n) is 3.76. The minimum absolute atomic E-state index is 0.0857. The summed E-state index contributed by atoms with van der Waals surface area (Å²) in [7, 11) is 0. The Labute approximate surface area is 120 Å². The molecule has 1 saturated carbocycles. The van der Waals surface area contributed by atoms with E-state index in [-0.39, 0.29) is 12.1 Å². The summed E-state index contributed by atoms with van der Waals surface area (Å²) in [6.07, 6.45) is 1.77. The van der Waals surface area contributed by atoms with Crippen molar-refractivity contribution in [1.82, 2.24) is 5.32 Å². The molecule has 2 rings (SSSR count). The van der Waals surface area contributed by atoms with E-state index in [1.54, 1.807) is 6.07 Å². The molecule has 0 saturated heterocycles. The van der Waals surface area contributed by atoms with Gasteiger partial charge in [0.15, 0.2) is 6.29 Å². The molecule has 3 nitrogen and oxygen atoms in total. The Hall–Kier alpha value is -0.970. The van der Waals surface area contributed by atoms with E-state index < -0.39 is 0 Å². The molecule has 0 amide bonds. The maximum atomic E-state index is 13.6. The van der Waals surface area contributed by atoms with Crippen LogP contribution in [0.4, 0.5) is 4.39 Å².